The van der Waals surface area contributed by atoms with Crippen LogP contribution in [0.25, 0.3) is 0 Å². The molecule has 0 bridgehead atoms. The molecule has 0 amide bonds. The molecule has 0 unspecified atom stereocenters. The molecule has 2 atom stereocenters. The lowest BCUT2D eigenvalue weighted by molar-refractivity contribution is 0.0389. The molecule has 1 heterocycles. The van der Waals surface area contributed by atoms with Gasteiger partial charge in [-0.3, -0.25) is 0 Å². The summed E-state index contributed by atoms with van der Waals surface area (Å²) in [6, 6.07) is 17.8. The summed E-state index contributed by atoms with van der Waals surface area (Å²) in [7, 11) is 0. The van der Waals surface area contributed by atoms with Gasteiger partial charge in [0, 0.05) is 24.9 Å². The van der Waals surface area contributed by atoms with Crippen LogP contribution in [0.1, 0.15) is 76.1 Å². The van der Waals surface area contributed by atoms with Gasteiger partial charge < -0.3 is 14.8 Å². The van der Waals surface area contributed by atoms with E-state index in [1.807, 2.05) is 0 Å². The molecule has 4 nitrogen and oxygen atoms in total. The zero-order chi connectivity index (χ0) is 23.5. The molecule has 174 valence electrons. The van der Waals surface area contributed by atoms with Crippen molar-refractivity contribution in [3.05, 3.63) is 70.8 Å². The fourth-order valence-electron chi connectivity index (χ4n) is 4.33. The number of nitrogens with one attached hydrogen (secondary N) is 1. The average molecular weight is 458 g/mol. The van der Waals surface area contributed by atoms with Crippen LogP contribution in [0.4, 0.5) is 4.79 Å². The van der Waals surface area contributed by atoms with Gasteiger partial charge in [-0.15, -0.1) is 0 Å². The van der Waals surface area contributed by atoms with Crippen LogP contribution in [0.3, 0.4) is 0 Å². The number of hydrogen-bond donors (Lipinski definition) is 1. The number of hydrogen-bond acceptors (Lipinski definition) is 4. The van der Waals surface area contributed by atoms with Gasteiger partial charge in [-0.1, -0.05) is 102 Å². The first-order chi connectivity index (χ1) is 15.0. The predicted molar refractivity (Wildman–Crippen MR) is 131 cm³/mol. The maximum absolute atomic E-state index is 11.7. The van der Waals surface area contributed by atoms with Gasteiger partial charge in [-0.2, -0.15) is 0 Å². The van der Waals surface area contributed by atoms with Crippen molar-refractivity contribution in [1.82, 2.24) is 5.32 Å². The smallest absolute Gasteiger partial charge is 0.430 e. The Kier molecular flexibility index (Phi) is 7.57. The Morgan fingerprint density at radius 3 is 1.81 bits per heavy atom. The topological polar surface area (TPSA) is 47.6 Å². The first-order valence-corrected chi connectivity index (χ1v) is 11.9. The summed E-state index contributed by atoms with van der Waals surface area (Å²) in [6.45, 7) is 14.0. The number of ether oxygens (including phenoxy) is 2. The minimum absolute atomic E-state index is 0.107. The lowest BCUT2D eigenvalue weighted by Gasteiger charge is -2.27. The summed E-state index contributed by atoms with van der Waals surface area (Å²) >= 11 is 5.47. The molecule has 2 aromatic rings. The van der Waals surface area contributed by atoms with E-state index in [0.717, 1.165) is 0 Å². The maximum Gasteiger partial charge on any atom is 0.509 e. The van der Waals surface area contributed by atoms with E-state index in [2.05, 4.69) is 95.4 Å². The van der Waals surface area contributed by atoms with E-state index in [0.29, 0.717) is 13.0 Å². The monoisotopic (exact) mass is 457 g/mol. The number of alkyl halides is 1. The van der Waals surface area contributed by atoms with Crippen molar-refractivity contribution in [3.63, 3.8) is 0 Å². The van der Waals surface area contributed by atoms with Crippen LogP contribution in [0.5, 0.6) is 0 Å². The molecule has 0 spiro atoms. The highest BCUT2D eigenvalue weighted by Crippen LogP contribution is 2.35. The summed E-state index contributed by atoms with van der Waals surface area (Å²) in [5.41, 5.74) is 5.34. The molecular formula is C27H36ClNO3. The number of benzene rings is 2. The molecule has 2 aromatic carbocycles. The standard InChI is InChI=1S/C27H36ClNO3/c1-26(2,3)20-11-7-18(8-12-20)24(19-9-13-21(14-10-19)27(4,5)6)23-15-22(16-29-23)32-25(30)31-17-28/h7-14,22-24,29H,15-17H2,1-6H3/t22-,23-/m1/s1. The Labute approximate surface area is 197 Å². The molecule has 0 aliphatic carbocycles. The van der Waals surface area contributed by atoms with Crippen LogP contribution in [-0.4, -0.2) is 30.9 Å². The molecule has 1 fully saturated rings. The second kappa shape index (κ2) is 9.84. The van der Waals surface area contributed by atoms with E-state index in [-0.39, 0.29) is 35.0 Å². The second-order valence-corrected chi connectivity index (χ2v) is 10.9. The second-order valence-electron chi connectivity index (χ2n) is 10.7. The lowest BCUT2D eigenvalue weighted by atomic mass is 9.80. The molecule has 1 saturated heterocycles. The largest absolute Gasteiger partial charge is 0.509 e. The summed E-state index contributed by atoms with van der Waals surface area (Å²) in [5.74, 6) is 0.149. The van der Waals surface area contributed by atoms with Crippen molar-refractivity contribution in [2.45, 2.75) is 76.9 Å². The quantitative estimate of drug-likeness (QED) is 0.411. The Morgan fingerprint density at radius 1 is 0.938 bits per heavy atom. The third-order valence-electron chi connectivity index (χ3n) is 6.23. The van der Waals surface area contributed by atoms with Crippen molar-refractivity contribution >= 4 is 17.8 Å². The van der Waals surface area contributed by atoms with Crippen LogP contribution in [0, 0.1) is 0 Å². The molecule has 0 aromatic heterocycles. The van der Waals surface area contributed by atoms with Crippen LogP contribution in [0.2, 0.25) is 0 Å². The van der Waals surface area contributed by atoms with Gasteiger partial charge in [0.1, 0.15) is 6.10 Å². The fourth-order valence-corrected chi connectivity index (χ4v) is 4.42. The van der Waals surface area contributed by atoms with Crippen LogP contribution >= 0.6 is 11.6 Å². The van der Waals surface area contributed by atoms with Crippen molar-refractivity contribution in [1.29, 1.82) is 0 Å². The highest BCUT2D eigenvalue weighted by atomic mass is 35.5. The Bertz CT molecular complexity index is 837. The van der Waals surface area contributed by atoms with Crippen molar-refractivity contribution < 1.29 is 14.3 Å². The third-order valence-corrected chi connectivity index (χ3v) is 6.34. The lowest BCUT2D eigenvalue weighted by Crippen LogP contribution is -2.30. The number of halogens is 1. The van der Waals surface area contributed by atoms with E-state index in [9.17, 15) is 4.79 Å². The third kappa shape index (κ3) is 6.05. The van der Waals surface area contributed by atoms with Gasteiger partial charge in [0.25, 0.3) is 0 Å². The van der Waals surface area contributed by atoms with Crippen LogP contribution in [0.15, 0.2) is 48.5 Å². The van der Waals surface area contributed by atoms with Crippen LogP contribution < -0.4 is 5.32 Å². The van der Waals surface area contributed by atoms with Gasteiger partial charge in [0.2, 0.25) is 0 Å². The van der Waals surface area contributed by atoms with Crippen LogP contribution in [-0.2, 0) is 20.3 Å². The van der Waals surface area contributed by atoms with E-state index in [4.69, 9.17) is 21.1 Å². The summed E-state index contributed by atoms with van der Waals surface area (Å²) < 4.78 is 10.2. The molecule has 1 aliphatic rings. The zero-order valence-corrected chi connectivity index (χ0v) is 20.8. The Morgan fingerprint density at radius 2 is 1.41 bits per heavy atom. The van der Waals surface area contributed by atoms with Crippen molar-refractivity contribution in [2.24, 2.45) is 0 Å². The SMILES string of the molecule is CC(C)(C)c1ccc(C(c2ccc(C(C)(C)C)cc2)[C@H]2C[C@@H](OC(=O)OCCl)CN2)cc1. The van der Waals surface area contributed by atoms with Crippen molar-refractivity contribution in [2.75, 3.05) is 12.6 Å². The molecular weight excluding hydrogens is 422 g/mol. The summed E-state index contributed by atoms with van der Waals surface area (Å²) in [5, 5.41) is 3.58. The molecule has 0 radical (unpaired) electrons. The molecule has 1 aliphatic heterocycles. The van der Waals surface area contributed by atoms with Gasteiger partial charge in [-0.05, 0) is 33.1 Å². The molecule has 32 heavy (non-hydrogen) atoms. The average Bonchev–Trinajstić information content (AvgIpc) is 3.15. The minimum atomic E-state index is -0.715. The first-order valence-electron chi connectivity index (χ1n) is 11.3. The number of rotatable bonds is 5. The highest BCUT2D eigenvalue weighted by Gasteiger charge is 2.35. The van der Waals surface area contributed by atoms with Gasteiger partial charge in [-0.25, -0.2) is 4.79 Å². The molecule has 0 saturated carbocycles. The normalized spacial score (nSPS) is 19.2. The zero-order valence-electron chi connectivity index (χ0n) is 20.1. The highest BCUT2D eigenvalue weighted by molar-refractivity contribution is 6.17. The van der Waals surface area contributed by atoms with E-state index < -0.39 is 6.16 Å². The number of carbonyl (C=O) groups is 1. The number of carbonyl (C=O) groups excluding carboxylic acids is 1. The van der Waals surface area contributed by atoms with Gasteiger partial charge >= 0.3 is 6.16 Å². The van der Waals surface area contributed by atoms with Gasteiger partial charge in [0.15, 0.2) is 6.07 Å². The van der Waals surface area contributed by atoms with Gasteiger partial charge in [0.05, 0.1) is 0 Å². The van der Waals surface area contributed by atoms with E-state index >= 15 is 0 Å². The fraction of sp³-hybridized carbons (Fsp3) is 0.519. The van der Waals surface area contributed by atoms with Crippen molar-refractivity contribution in [3.8, 4) is 0 Å². The minimum Gasteiger partial charge on any atom is -0.430 e. The Balaban J connectivity index is 1.89. The molecule has 5 heteroatoms. The Hall–Kier alpha value is -2.04. The predicted octanol–water partition coefficient (Wildman–Crippen LogP) is 6.49. The van der Waals surface area contributed by atoms with E-state index in [1.165, 1.54) is 22.3 Å². The maximum atomic E-state index is 11.7. The summed E-state index contributed by atoms with van der Waals surface area (Å²) in [4.78, 5) is 11.7. The molecule has 1 N–H and O–H groups in total. The molecule has 3 rings (SSSR count). The summed E-state index contributed by atoms with van der Waals surface area (Å²) in [6.07, 6.45) is -0.238. The van der Waals surface area contributed by atoms with E-state index in [1.54, 1.807) is 0 Å². The first kappa shape index (κ1) is 24.6.